The van der Waals surface area contributed by atoms with E-state index in [1.165, 1.54) is 5.56 Å². The zero-order valence-corrected chi connectivity index (χ0v) is 11.6. The highest BCUT2D eigenvalue weighted by Crippen LogP contribution is 2.05. The quantitative estimate of drug-likeness (QED) is 0.933. The Balaban J connectivity index is 0.00000180. The van der Waals surface area contributed by atoms with Gasteiger partial charge in [0, 0.05) is 18.9 Å². The minimum absolute atomic E-state index is 0. The van der Waals surface area contributed by atoms with Crippen LogP contribution in [0.3, 0.4) is 0 Å². The molecule has 100 valence electrons. The van der Waals surface area contributed by atoms with E-state index in [0.29, 0.717) is 12.1 Å². The van der Waals surface area contributed by atoms with Gasteiger partial charge in [-0.25, -0.2) is 0 Å². The van der Waals surface area contributed by atoms with Crippen LogP contribution in [0.15, 0.2) is 48.8 Å². The summed E-state index contributed by atoms with van der Waals surface area (Å²) >= 11 is 0. The summed E-state index contributed by atoms with van der Waals surface area (Å²) in [6.07, 6.45) is 4.25. The second-order valence-corrected chi connectivity index (χ2v) is 4.09. The molecule has 0 aliphatic rings. The van der Waals surface area contributed by atoms with Gasteiger partial charge < -0.3 is 5.32 Å². The van der Waals surface area contributed by atoms with Crippen molar-refractivity contribution in [3.63, 3.8) is 0 Å². The molecule has 1 aromatic heterocycles. The fourth-order valence-corrected chi connectivity index (χ4v) is 1.67. The summed E-state index contributed by atoms with van der Waals surface area (Å²) < 4.78 is 0. The van der Waals surface area contributed by atoms with E-state index >= 15 is 0 Å². The number of nitrogens with one attached hydrogen (secondary N) is 1. The van der Waals surface area contributed by atoms with Gasteiger partial charge in [0.1, 0.15) is 0 Å². The number of aromatic nitrogens is 1. The number of amides is 1. The molecule has 0 saturated heterocycles. The minimum atomic E-state index is -0.0948. The van der Waals surface area contributed by atoms with E-state index in [9.17, 15) is 4.79 Å². The summed E-state index contributed by atoms with van der Waals surface area (Å²) in [6, 6.07) is 11.8. The van der Waals surface area contributed by atoms with Crippen LogP contribution in [0.25, 0.3) is 0 Å². The van der Waals surface area contributed by atoms with E-state index < -0.39 is 0 Å². The molecule has 2 rings (SSSR count). The van der Waals surface area contributed by atoms with Gasteiger partial charge in [-0.05, 0) is 29.7 Å². The second-order valence-electron chi connectivity index (χ2n) is 4.09. The molecule has 0 fully saturated rings. The normalized spacial score (nSPS) is 9.53. The van der Waals surface area contributed by atoms with Crippen molar-refractivity contribution in [2.45, 2.75) is 19.9 Å². The molecule has 0 bridgehead atoms. The van der Waals surface area contributed by atoms with E-state index in [4.69, 9.17) is 0 Å². The Morgan fingerprint density at radius 2 is 1.84 bits per heavy atom. The number of halogens is 1. The van der Waals surface area contributed by atoms with Gasteiger partial charge in [-0.15, -0.1) is 12.4 Å². The SMILES string of the molecule is CCc1ccc(CNC(=O)c2cccnc2)cc1.Cl. The Labute approximate surface area is 119 Å². The molecular weight excluding hydrogens is 260 g/mol. The summed E-state index contributed by atoms with van der Waals surface area (Å²) in [5.41, 5.74) is 2.99. The summed E-state index contributed by atoms with van der Waals surface area (Å²) in [5, 5.41) is 2.87. The molecule has 0 aliphatic heterocycles. The maximum atomic E-state index is 11.8. The number of pyridine rings is 1. The number of carbonyl (C=O) groups excluding carboxylic acids is 1. The molecule has 3 nitrogen and oxygen atoms in total. The third-order valence-electron chi connectivity index (χ3n) is 2.81. The molecule has 0 atom stereocenters. The van der Waals surface area contributed by atoms with Gasteiger partial charge in [-0.1, -0.05) is 31.2 Å². The molecule has 1 aromatic carbocycles. The first-order valence-electron chi connectivity index (χ1n) is 6.05. The summed E-state index contributed by atoms with van der Waals surface area (Å²) in [6.45, 7) is 2.66. The highest BCUT2D eigenvalue weighted by molar-refractivity contribution is 5.93. The van der Waals surface area contributed by atoms with Crippen molar-refractivity contribution in [1.82, 2.24) is 10.3 Å². The summed E-state index contributed by atoms with van der Waals surface area (Å²) in [5.74, 6) is -0.0948. The Kier molecular flexibility index (Phi) is 6.03. The highest BCUT2D eigenvalue weighted by Gasteiger charge is 2.04. The molecule has 0 aliphatic carbocycles. The molecule has 4 heteroatoms. The van der Waals surface area contributed by atoms with Crippen LogP contribution in [-0.2, 0) is 13.0 Å². The molecule has 1 heterocycles. The van der Waals surface area contributed by atoms with Crippen LogP contribution >= 0.6 is 12.4 Å². The van der Waals surface area contributed by atoms with Crippen LogP contribution in [-0.4, -0.2) is 10.9 Å². The first kappa shape index (κ1) is 15.2. The number of benzene rings is 1. The fraction of sp³-hybridized carbons (Fsp3) is 0.200. The monoisotopic (exact) mass is 276 g/mol. The summed E-state index contributed by atoms with van der Waals surface area (Å²) in [7, 11) is 0. The van der Waals surface area contributed by atoms with Crippen LogP contribution < -0.4 is 5.32 Å². The van der Waals surface area contributed by atoms with E-state index in [-0.39, 0.29) is 18.3 Å². The van der Waals surface area contributed by atoms with Gasteiger partial charge in [-0.3, -0.25) is 9.78 Å². The summed E-state index contributed by atoms with van der Waals surface area (Å²) in [4.78, 5) is 15.7. The number of rotatable bonds is 4. The lowest BCUT2D eigenvalue weighted by molar-refractivity contribution is 0.0950. The Bertz CT molecular complexity index is 511. The number of hydrogen-bond donors (Lipinski definition) is 1. The second kappa shape index (κ2) is 7.54. The first-order valence-corrected chi connectivity index (χ1v) is 6.05. The van der Waals surface area contributed by atoms with E-state index in [0.717, 1.165) is 12.0 Å². The topological polar surface area (TPSA) is 42.0 Å². The average Bonchev–Trinajstić information content (AvgIpc) is 2.46. The minimum Gasteiger partial charge on any atom is -0.348 e. The van der Waals surface area contributed by atoms with Crippen LogP contribution in [0.1, 0.15) is 28.4 Å². The van der Waals surface area contributed by atoms with E-state index in [1.54, 1.807) is 24.5 Å². The molecule has 19 heavy (non-hydrogen) atoms. The van der Waals surface area contributed by atoms with Gasteiger partial charge in [0.15, 0.2) is 0 Å². The smallest absolute Gasteiger partial charge is 0.253 e. The Morgan fingerprint density at radius 1 is 1.16 bits per heavy atom. The molecule has 0 unspecified atom stereocenters. The van der Waals surface area contributed by atoms with Gasteiger partial charge in [0.2, 0.25) is 0 Å². The molecule has 1 N–H and O–H groups in total. The lowest BCUT2D eigenvalue weighted by atomic mass is 10.1. The van der Waals surface area contributed by atoms with Crippen LogP contribution in [0.5, 0.6) is 0 Å². The highest BCUT2D eigenvalue weighted by atomic mass is 35.5. The number of aryl methyl sites for hydroxylation is 1. The predicted octanol–water partition coefficient (Wildman–Crippen LogP) is 3.00. The Morgan fingerprint density at radius 3 is 2.42 bits per heavy atom. The molecule has 0 saturated carbocycles. The molecule has 0 spiro atoms. The maximum Gasteiger partial charge on any atom is 0.253 e. The third-order valence-corrected chi connectivity index (χ3v) is 2.81. The van der Waals surface area contributed by atoms with Crippen LogP contribution in [0, 0.1) is 0 Å². The lowest BCUT2D eigenvalue weighted by Crippen LogP contribution is -2.22. The zero-order valence-electron chi connectivity index (χ0n) is 10.8. The maximum absolute atomic E-state index is 11.8. The molecular formula is C15H17ClN2O. The molecule has 2 aromatic rings. The van der Waals surface area contributed by atoms with Gasteiger partial charge >= 0.3 is 0 Å². The molecule has 1 amide bonds. The number of hydrogen-bond acceptors (Lipinski definition) is 2. The van der Waals surface area contributed by atoms with Gasteiger partial charge in [0.05, 0.1) is 5.56 Å². The van der Waals surface area contributed by atoms with Crippen molar-refractivity contribution < 1.29 is 4.79 Å². The standard InChI is InChI=1S/C15H16N2O.ClH/c1-2-12-5-7-13(8-6-12)10-17-15(18)14-4-3-9-16-11-14;/h3-9,11H,2,10H2,1H3,(H,17,18);1H. The van der Waals surface area contributed by atoms with Gasteiger partial charge in [-0.2, -0.15) is 0 Å². The largest absolute Gasteiger partial charge is 0.348 e. The van der Waals surface area contributed by atoms with Crippen molar-refractivity contribution in [2.75, 3.05) is 0 Å². The lowest BCUT2D eigenvalue weighted by Gasteiger charge is -2.05. The predicted molar refractivity (Wildman–Crippen MR) is 78.5 cm³/mol. The van der Waals surface area contributed by atoms with Crippen molar-refractivity contribution in [2.24, 2.45) is 0 Å². The third kappa shape index (κ3) is 4.38. The fourth-order valence-electron chi connectivity index (χ4n) is 1.67. The first-order chi connectivity index (χ1) is 8.79. The van der Waals surface area contributed by atoms with Crippen LogP contribution in [0.2, 0.25) is 0 Å². The van der Waals surface area contributed by atoms with Crippen molar-refractivity contribution in [3.05, 3.63) is 65.5 Å². The molecule has 0 radical (unpaired) electrons. The van der Waals surface area contributed by atoms with E-state index in [2.05, 4.69) is 29.4 Å². The van der Waals surface area contributed by atoms with Crippen molar-refractivity contribution in [1.29, 1.82) is 0 Å². The van der Waals surface area contributed by atoms with Crippen molar-refractivity contribution >= 4 is 18.3 Å². The Hall–Kier alpha value is -1.87. The van der Waals surface area contributed by atoms with Gasteiger partial charge in [0.25, 0.3) is 5.91 Å². The van der Waals surface area contributed by atoms with Crippen LogP contribution in [0.4, 0.5) is 0 Å². The number of nitrogens with zero attached hydrogens (tertiary/aromatic N) is 1. The number of carbonyl (C=O) groups is 1. The van der Waals surface area contributed by atoms with Crippen molar-refractivity contribution in [3.8, 4) is 0 Å². The average molecular weight is 277 g/mol. The van der Waals surface area contributed by atoms with E-state index in [1.807, 2.05) is 12.1 Å². The zero-order chi connectivity index (χ0) is 12.8.